The standard InChI is InChI=1S/C12H9ClF2N2O/c13-8-4-7(14)5-9(15)10(8)17-11(18)12(6-16)2-1-3-12/h4-5H,1-3H2,(H,17,18). The number of nitrogens with zero attached hydrogens (tertiary/aromatic N) is 1. The van der Waals surface area contributed by atoms with Crippen LogP contribution < -0.4 is 5.32 Å². The van der Waals surface area contributed by atoms with Gasteiger partial charge in [-0.3, -0.25) is 4.79 Å². The molecular weight excluding hydrogens is 262 g/mol. The molecule has 1 saturated carbocycles. The van der Waals surface area contributed by atoms with E-state index in [1.54, 1.807) is 0 Å². The molecule has 1 amide bonds. The van der Waals surface area contributed by atoms with Crippen LogP contribution in [0.3, 0.4) is 0 Å². The Hall–Kier alpha value is -1.67. The van der Waals surface area contributed by atoms with Crippen molar-refractivity contribution in [3.63, 3.8) is 0 Å². The van der Waals surface area contributed by atoms with E-state index in [0.29, 0.717) is 18.9 Å². The number of benzene rings is 1. The van der Waals surface area contributed by atoms with Gasteiger partial charge in [0, 0.05) is 6.07 Å². The lowest BCUT2D eigenvalue weighted by atomic mass is 9.69. The third kappa shape index (κ3) is 2.04. The van der Waals surface area contributed by atoms with Gasteiger partial charge in [-0.1, -0.05) is 11.6 Å². The molecule has 1 aromatic rings. The second-order valence-electron chi connectivity index (χ2n) is 4.25. The van der Waals surface area contributed by atoms with E-state index in [-0.39, 0.29) is 10.7 Å². The minimum Gasteiger partial charge on any atom is -0.321 e. The summed E-state index contributed by atoms with van der Waals surface area (Å²) in [4.78, 5) is 11.9. The summed E-state index contributed by atoms with van der Waals surface area (Å²) in [6, 6.07) is 3.46. The van der Waals surface area contributed by atoms with E-state index in [1.807, 2.05) is 6.07 Å². The summed E-state index contributed by atoms with van der Waals surface area (Å²) in [5.41, 5.74) is -1.39. The number of nitriles is 1. The van der Waals surface area contributed by atoms with E-state index < -0.39 is 23.0 Å². The van der Waals surface area contributed by atoms with Gasteiger partial charge >= 0.3 is 0 Å². The van der Waals surface area contributed by atoms with Gasteiger partial charge < -0.3 is 5.32 Å². The van der Waals surface area contributed by atoms with Gasteiger partial charge in [-0.25, -0.2) is 8.78 Å². The summed E-state index contributed by atoms with van der Waals surface area (Å²) < 4.78 is 26.3. The predicted octanol–water partition coefficient (Wildman–Crippen LogP) is 3.25. The molecule has 0 spiro atoms. The lowest BCUT2D eigenvalue weighted by molar-refractivity contribution is -0.126. The third-order valence-corrected chi connectivity index (χ3v) is 3.40. The van der Waals surface area contributed by atoms with Crippen LogP contribution in [0.15, 0.2) is 12.1 Å². The van der Waals surface area contributed by atoms with Crippen molar-refractivity contribution < 1.29 is 13.6 Å². The molecule has 1 fully saturated rings. The van der Waals surface area contributed by atoms with Gasteiger partial charge in [0.1, 0.15) is 11.2 Å². The molecular formula is C12H9ClF2N2O. The Balaban J connectivity index is 2.25. The molecule has 1 aliphatic carbocycles. The molecule has 0 aliphatic heterocycles. The second-order valence-corrected chi connectivity index (χ2v) is 4.65. The minimum atomic E-state index is -1.11. The molecule has 6 heteroatoms. The Morgan fingerprint density at radius 2 is 2.11 bits per heavy atom. The first-order chi connectivity index (χ1) is 8.48. The number of hydrogen-bond donors (Lipinski definition) is 1. The fraction of sp³-hybridized carbons (Fsp3) is 0.333. The average Bonchev–Trinajstić information content (AvgIpc) is 2.22. The van der Waals surface area contributed by atoms with Gasteiger partial charge in [0.15, 0.2) is 5.82 Å². The predicted molar refractivity (Wildman–Crippen MR) is 61.9 cm³/mol. The number of carbonyl (C=O) groups is 1. The molecule has 0 atom stereocenters. The molecule has 0 bridgehead atoms. The topological polar surface area (TPSA) is 52.9 Å². The highest BCUT2D eigenvalue weighted by atomic mass is 35.5. The largest absolute Gasteiger partial charge is 0.321 e. The molecule has 1 N–H and O–H groups in total. The summed E-state index contributed by atoms with van der Waals surface area (Å²) in [6.45, 7) is 0. The number of hydrogen-bond acceptors (Lipinski definition) is 2. The molecule has 0 saturated heterocycles. The van der Waals surface area contributed by atoms with Crippen molar-refractivity contribution >= 4 is 23.2 Å². The van der Waals surface area contributed by atoms with E-state index in [9.17, 15) is 13.6 Å². The molecule has 2 rings (SSSR count). The van der Waals surface area contributed by atoms with Gasteiger partial charge in [0.05, 0.1) is 16.8 Å². The quantitative estimate of drug-likeness (QED) is 0.897. The fourth-order valence-electron chi connectivity index (χ4n) is 1.81. The van der Waals surface area contributed by atoms with Crippen LogP contribution in [-0.2, 0) is 4.79 Å². The van der Waals surface area contributed by atoms with E-state index >= 15 is 0 Å². The number of halogens is 3. The van der Waals surface area contributed by atoms with Crippen LogP contribution in [0.5, 0.6) is 0 Å². The average molecular weight is 271 g/mol. The van der Waals surface area contributed by atoms with Crippen LogP contribution >= 0.6 is 11.6 Å². The Morgan fingerprint density at radius 1 is 1.44 bits per heavy atom. The van der Waals surface area contributed by atoms with E-state index in [0.717, 1.165) is 12.5 Å². The zero-order valence-corrected chi connectivity index (χ0v) is 10.0. The summed E-state index contributed by atoms with van der Waals surface area (Å²) >= 11 is 5.66. The molecule has 1 aliphatic rings. The highest BCUT2D eigenvalue weighted by Gasteiger charge is 2.45. The second kappa shape index (κ2) is 4.54. The number of carbonyl (C=O) groups excluding carboxylic acids is 1. The first-order valence-electron chi connectivity index (χ1n) is 5.36. The summed E-state index contributed by atoms with van der Waals surface area (Å²) in [6.07, 6.45) is 1.66. The van der Waals surface area contributed by atoms with Crippen LogP contribution in [0, 0.1) is 28.4 Å². The molecule has 3 nitrogen and oxygen atoms in total. The molecule has 94 valence electrons. The van der Waals surface area contributed by atoms with E-state index in [4.69, 9.17) is 16.9 Å². The van der Waals surface area contributed by atoms with Crippen molar-refractivity contribution in [2.45, 2.75) is 19.3 Å². The van der Waals surface area contributed by atoms with Crippen molar-refractivity contribution in [3.8, 4) is 6.07 Å². The van der Waals surface area contributed by atoms with Crippen molar-refractivity contribution in [2.75, 3.05) is 5.32 Å². The molecule has 0 unspecified atom stereocenters. The smallest absolute Gasteiger partial charge is 0.244 e. The maximum Gasteiger partial charge on any atom is 0.244 e. The van der Waals surface area contributed by atoms with Crippen LogP contribution in [0.4, 0.5) is 14.5 Å². The SMILES string of the molecule is N#CC1(C(=O)Nc2c(F)cc(F)cc2Cl)CCC1. The van der Waals surface area contributed by atoms with Gasteiger partial charge in [0.25, 0.3) is 0 Å². The van der Waals surface area contributed by atoms with Gasteiger partial charge in [-0.15, -0.1) is 0 Å². The first-order valence-corrected chi connectivity index (χ1v) is 5.73. The van der Waals surface area contributed by atoms with Gasteiger partial charge in [-0.2, -0.15) is 5.26 Å². The lowest BCUT2D eigenvalue weighted by Crippen LogP contribution is -2.40. The lowest BCUT2D eigenvalue weighted by Gasteiger charge is -2.33. The van der Waals surface area contributed by atoms with Crippen molar-refractivity contribution in [3.05, 3.63) is 28.8 Å². The number of anilines is 1. The molecule has 0 radical (unpaired) electrons. The maximum absolute atomic E-state index is 13.5. The monoisotopic (exact) mass is 270 g/mol. The zero-order valence-electron chi connectivity index (χ0n) is 9.27. The van der Waals surface area contributed by atoms with Crippen molar-refractivity contribution in [1.29, 1.82) is 5.26 Å². The van der Waals surface area contributed by atoms with Crippen LogP contribution in [-0.4, -0.2) is 5.91 Å². The summed E-state index contributed by atoms with van der Waals surface area (Å²) in [5.74, 6) is -2.38. The van der Waals surface area contributed by atoms with Gasteiger partial charge in [-0.05, 0) is 25.3 Å². The highest BCUT2D eigenvalue weighted by Crippen LogP contribution is 2.41. The zero-order chi connectivity index (χ0) is 13.3. The summed E-state index contributed by atoms with van der Waals surface area (Å²) in [5, 5.41) is 11.0. The first kappa shape index (κ1) is 12.8. The Bertz CT molecular complexity index is 526. The van der Waals surface area contributed by atoms with Crippen molar-refractivity contribution in [1.82, 2.24) is 0 Å². The van der Waals surface area contributed by atoms with Crippen LogP contribution in [0.25, 0.3) is 0 Å². The van der Waals surface area contributed by atoms with E-state index in [1.165, 1.54) is 0 Å². The van der Waals surface area contributed by atoms with Crippen LogP contribution in [0.1, 0.15) is 19.3 Å². The van der Waals surface area contributed by atoms with Gasteiger partial charge in [0.2, 0.25) is 5.91 Å². The Morgan fingerprint density at radius 3 is 2.56 bits per heavy atom. The van der Waals surface area contributed by atoms with E-state index in [2.05, 4.69) is 5.32 Å². The molecule has 0 heterocycles. The van der Waals surface area contributed by atoms with Crippen molar-refractivity contribution in [2.24, 2.45) is 5.41 Å². The van der Waals surface area contributed by atoms with Crippen LogP contribution in [0.2, 0.25) is 5.02 Å². The normalized spacial score (nSPS) is 16.6. The molecule has 18 heavy (non-hydrogen) atoms. The summed E-state index contributed by atoms with van der Waals surface area (Å²) in [7, 11) is 0. The molecule has 1 aromatic carbocycles. The minimum absolute atomic E-state index is 0.228. The Labute approximate surface area is 107 Å². The number of amides is 1. The number of nitrogens with one attached hydrogen (secondary N) is 1. The molecule has 0 aromatic heterocycles. The maximum atomic E-state index is 13.5. The number of rotatable bonds is 2. The third-order valence-electron chi connectivity index (χ3n) is 3.10. The highest BCUT2D eigenvalue weighted by molar-refractivity contribution is 6.33. The Kier molecular flexibility index (Phi) is 3.22. The fourth-order valence-corrected chi connectivity index (χ4v) is 2.06.